The highest BCUT2D eigenvalue weighted by Crippen LogP contribution is 2.21. The highest BCUT2D eigenvalue weighted by Gasteiger charge is 2.10. The van der Waals surface area contributed by atoms with Crippen LogP contribution in [0.1, 0.15) is 25.8 Å². The van der Waals surface area contributed by atoms with Gasteiger partial charge in [0.1, 0.15) is 0 Å². The van der Waals surface area contributed by atoms with E-state index in [0.29, 0.717) is 12.3 Å². The number of nitrogens with zero attached hydrogens (tertiary/aromatic N) is 1. The van der Waals surface area contributed by atoms with E-state index in [-0.39, 0.29) is 12.6 Å². The number of hydrogen-bond acceptors (Lipinski definition) is 3. The van der Waals surface area contributed by atoms with Gasteiger partial charge in [-0.05, 0) is 43.0 Å². The molecule has 0 unspecified atom stereocenters. The van der Waals surface area contributed by atoms with Crippen molar-refractivity contribution in [2.45, 2.75) is 33.3 Å². The summed E-state index contributed by atoms with van der Waals surface area (Å²) in [4.78, 5) is 13.8. The number of urea groups is 1. The van der Waals surface area contributed by atoms with Crippen molar-refractivity contribution in [2.24, 2.45) is 5.92 Å². The van der Waals surface area contributed by atoms with Crippen molar-refractivity contribution < 1.29 is 9.90 Å². The number of benzene rings is 1. The van der Waals surface area contributed by atoms with Crippen molar-refractivity contribution >= 4 is 17.4 Å². The molecule has 0 spiro atoms. The smallest absolute Gasteiger partial charge is 0.319 e. The molecule has 5 nitrogen and oxygen atoms in total. The lowest BCUT2D eigenvalue weighted by Gasteiger charge is -2.17. The third-order valence-corrected chi connectivity index (χ3v) is 3.22. The molecule has 0 aliphatic carbocycles. The average Bonchev–Trinajstić information content (AvgIpc) is 2.37. The maximum atomic E-state index is 11.8. The van der Waals surface area contributed by atoms with Crippen molar-refractivity contribution in [1.29, 1.82) is 0 Å². The zero-order valence-electron chi connectivity index (χ0n) is 13.6. The minimum atomic E-state index is -0.507. The summed E-state index contributed by atoms with van der Waals surface area (Å²) in [6.07, 6.45) is 0.171. The average molecular weight is 293 g/mol. The number of hydrogen-bond donors (Lipinski definition) is 3. The number of anilines is 2. The molecule has 0 fully saturated rings. The fourth-order valence-electron chi connectivity index (χ4n) is 2.07. The van der Waals surface area contributed by atoms with Crippen molar-refractivity contribution in [3.63, 3.8) is 0 Å². The zero-order valence-corrected chi connectivity index (χ0v) is 13.6. The van der Waals surface area contributed by atoms with Crippen LogP contribution in [-0.2, 0) is 0 Å². The molecule has 1 rings (SSSR count). The van der Waals surface area contributed by atoms with Gasteiger partial charge in [-0.3, -0.25) is 0 Å². The Morgan fingerprint density at radius 2 is 2.00 bits per heavy atom. The SMILES string of the molecule is Cc1cc(N(C)C)ccc1NC(=O)NC[C@H](O)CC(C)C. The fraction of sp³-hybridized carbons (Fsp3) is 0.562. The summed E-state index contributed by atoms with van der Waals surface area (Å²) in [7, 11) is 3.95. The van der Waals surface area contributed by atoms with Gasteiger partial charge in [-0.2, -0.15) is 0 Å². The van der Waals surface area contributed by atoms with Crippen LogP contribution in [0.3, 0.4) is 0 Å². The molecular formula is C16H27N3O2. The van der Waals surface area contributed by atoms with Crippen LogP contribution in [0.15, 0.2) is 18.2 Å². The molecule has 5 heteroatoms. The summed E-state index contributed by atoms with van der Waals surface area (Å²) < 4.78 is 0. The maximum Gasteiger partial charge on any atom is 0.319 e. The maximum absolute atomic E-state index is 11.8. The Balaban J connectivity index is 2.51. The second kappa shape index (κ2) is 7.88. The molecule has 21 heavy (non-hydrogen) atoms. The van der Waals surface area contributed by atoms with E-state index in [0.717, 1.165) is 16.9 Å². The van der Waals surface area contributed by atoms with Gasteiger partial charge < -0.3 is 20.6 Å². The summed E-state index contributed by atoms with van der Waals surface area (Å²) in [5, 5.41) is 15.2. The number of aliphatic hydroxyl groups is 1. The minimum absolute atomic E-state index is 0.263. The first-order chi connectivity index (χ1) is 9.79. The molecule has 118 valence electrons. The Bertz CT molecular complexity index is 473. The van der Waals surface area contributed by atoms with Crippen molar-refractivity contribution in [3.05, 3.63) is 23.8 Å². The van der Waals surface area contributed by atoms with Crippen LogP contribution in [0.25, 0.3) is 0 Å². The van der Waals surface area contributed by atoms with Gasteiger partial charge in [-0.1, -0.05) is 13.8 Å². The van der Waals surface area contributed by atoms with Gasteiger partial charge >= 0.3 is 6.03 Å². The van der Waals surface area contributed by atoms with E-state index in [2.05, 4.69) is 10.6 Å². The Kier molecular flexibility index (Phi) is 6.49. The molecule has 0 saturated carbocycles. The normalized spacial score (nSPS) is 12.1. The quantitative estimate of drug-likeness (QED) is 0.755. The fourth-order valence-corrected chi connectivity index (χ4v) is 2.07. The number of nitrogens with one attached hydrogen (secondary N) is 2. The number of aliphatic hydroxyl groups excluding tert-OH is 1. The molecule has 2 amide bonds. The largest absolute Gasteiger partial charge is 0.391 e. The Labute approximate surface area is 127 Å². The lowest BCUT2D eigenvalue weighted by Crippen LogP contribution is -2.35. The molecule has 0 heterocycles. The first kappa shape index (κ1) is 17.3. The van der Waals surface area contributed by atoms with Crippen LogP contribution < -0.4 is 15.5 Å². The topological polar surface area (TPSA) is 64.6 Å². The molecule has 0 aromatic heterocycles. The van der Waals surface area contributed by atoms with Crippen molar-refractivity contribution in [1.82, 2.24) is 5.32 Å². The first-order valence-electron chi connectivity index (χ1n) is 7.30. The third-order valence-electron chi connectivity index (χ3n) is 3.22. The van der Waals surface area contributed by atoms with E-state index >= 15 is 0 Å². The monoisotopic (exact) mass is 293 g/mol. The number of carbonyl (C=O) groups excluding carboxylic acids is 1. The van der Waals surface area contributed by atoms with Gasteiger partial charge in [-0.15, -0.1) is 0 Å². The van der Waals surface area contributed by atoms with Crippen LogP contribution in [-0.4, -0.2) is 37.9 Å². The molecule has 0 radical (unpaired) electrons. The standard InChI is InChI=1S/C16H27N3O2/c1-11(2)8-14(20)10-17-16(21)18-15-7-6-13(19(4)5)9-12(15)3/h6-7,9,11,14,20H,8,10H2,1-5H3,(H2,17,18,21)/t14-/m1/s1. The second-order valence-corrected chi connectivity index (χ2v) is 6.01. The number of aryl methyl sites for hydroxylation is 1. The van der Waals surface area contributed by atoms with Crippen LogP contribution in [0.4, 0.5) is 16.2 Å². The summed E-state index contributed by atoms with van der Waals surface area (Å²) >= 11 is 0. The molecule has 3 N–H and O–H groups in total. The van der Waals surface area contributed by atoms with Gasteiger partial charge in [0.05, 0.1) is 6.10 Å². The highest BCUT2D eigenvalue weighted by atomic mass is 16.3. The van der Waals surface area contributed by atoms with E-state index in [1.807, 2.05) is 58.0 Å². The van der Waals surface area contributed by atoms with Gasteiger partial charge in [0, 0.05) is 32.0 Å². The summed E-state index contributed by atoms with van der Waals surface area (Å²) in [6.45, 7) is 6.30. The van der Waals surface area contributed by atoms with E-state index in [1.165, 1.54) is 0 Å². The van der Waals surface area contributed by atoms with E-state index in [1.54, 1.807) is 0 Å². The van der Waals surface area contributed by atoms with Crippen LogP contribution >= 0.6 is 0 Å². The molecular weight excluding hydrogens is 266 g/mol. The second-order valence-electron chi connectivity index (χ2n) is 6.01. The summed E-state index contributed by atoms with van der Waals surface area (Å²) in [5.74, 6) is 0.408. The summed E-state index contributed by atoms with van der Waals surface area (Å²) in [6, 6.07) is 5.56. The molecule has 1 aromatic carbocycles. The molecule has 1 atom stereocenters. The molecule has 0 aliphatic rings. The molecule has 0 bridgehead atoms. The van der Waals surface area contributed by atoms with Gasteiger partial charge in [-0.25, -0.2) is 4.79 Å². The minimum Gasteiger partial charge on any atom is -0.391 e. The van der Waals surface area contributed by atoms with Crippen LogP contribution in [0.2, 0.25) is 0 Å². The van der Waals surface area contributed by atoms with Gasteiger partial charge in [0.15, 0.2) is 0 Å². The lowest BCUT2D eigenvalue weighted by atomic mass is 10.1. The molecule has 0 aliphatic heterocycles. The highest BCUT2D eigenvalue weighted by molar-refractivity contribution is 5.90. The Morgan fingerprint density at radius 1 is 1.33 bits per heavy atom. The van der Waals surface area contributed by atoms with Crippen LogP contribution in [0, 0.1) is 12.8 Å². The third kappa shape index (κ3) is 6.04. The van der Waals surface area contributed by atoms with Gasteiger partial charge in [0.2, 0.25) is 0 Å². The number of rotatable bonds is 6. The van der Waals surface area contributed by atoms with E-state index < -0.39 is 6.10 Å². The predicted octanol–water partition coefficient (Wildman–Crippen LogP) is 2.59. The molecule has 1 aromatic rings. The summed E-state index contributed by atoms with van der Waals surface area (Å²) in [5.41, 5.74) is 2.86. The van der Waals surface area contributed by atoms with Gasteiger partial charge in [0.25, 0.3) is 0 Å². The van der Waals surface area contributed by atoms with Crippen molar-refractivity contribution in [2.75, 3.05) is 30.9 Å². The number of carbonyl (C=O) groups is 1. The van der Waals surface area contributed by atoms with E-state index in [9.17, 15) is 9.90 Å². The molecule has 0 saturated heterocycles. The van der Waals surface area contributed by atoms with Crippen molar-refractivity contribution in [3.8, 4) is 0 Å². The zero-order chi connectivity index (χ0) is 16.0. The Morgan fingerprint density at radius 3 is 2.52 bits per heavy atom. The van der Waals surface area contributed by atoms with E-state index in [4.69, 9.17) is 0 Å². The van der Waals surface area contributed by atoms with Crippen LogP contribution in [0.5, 0.6) is 0 Å². The predicted molar refractivity (Wildman–Crippen MR) is 88.0 cm³/mol. The Hall–Kier alpha value is -1.75. The number of amides is 2. The first-order valence-corrected chi connectivity index (χ1v) is 7.30. The lowest BCUT2D eigenvalue weighted by molar-refractivity contribution is 0.148.